The Labute approximate surface area is 149 Å². The van der Waals surface area contributed by atoms with Crippen LogP contribution >= 0.6 is 0 Å². The molecule has 0 radical (unpaired) electrons. The molecule has 144 valence electrons. The number of halogens is 4. The standard InChI is InChI=1S/C20H26F4O.2H2/c1-12-2-4-13(5-3-12)14-6-8-15(9-7-14)16-10-17(21)19(18(22)11-16)25-20(23)24;;/h10-15,20H,2-9H2,1H3;2*1H. The van der Waals surface area contributed by atoms with Crippen LogP contribution in [0.2, 0.25) is 0 Å². The van der Waals surface area contributed by atoms with Gasteiger partial charge in [0.2, 0.25) is 0 Å². The molecular formula is C20H30F4O. The highest BCUT2D eigenvalue weighted by Crippen LogP contribution is 2.44. The number of hydrogen-bond acceptors (Lipinski definition) is 1. The van der Waals surface area contributed by atoms with E-state index in [0.29, 0.717) is 5.56 Å². The maximum Gasteiger partial charge on any atom is 0.387 e. The Morgan fingerprint density at radius 1 is 0.880 bits per heavy atom. The average Bonchev–Trinajstić information content (AvgIpc) is 2.59. The molecule has 0 atom stereocenters. The van der Waals surface area contributed by atoms with Crippen molar-refractivity contribution in [3.05, 3.63) is 29.3 Å². The molecule has 1 nitrogen and oxygen atoms in total. The molecule has 2 aliphatic carbocycles. The van der Waals surface area contributed by atoms with Crippen LogP contribution < -0.4 is 4.74 Å². The Morgan fingerprint density at radius 2 is 1.36 bits per heavy atom. The van der Waals surface area contributed by atoms with Crippen molar-refractivity contribution in [2.24, 2.45) is 17.8 Å². The molecule has 0 unspecified atom stereocenters. The summed E-state index contributed by atoms with van der Waals surface area (Å²) in [5.74, 6) is -0.607. The second kappa shape index (κ2) is 7.96. The van der Waals surface area contributed by atoms with Gasteiger partial charge in [0.15, 0.2) is 17.4 Å². The first-order chi connectivity index (χ1) is 11.9. The fourth-order valence-corrected chi connectivity index (χ4v) is 4.70. The Kier molecular flexibility index (Phi) is 5.90. The third kappa shape index (κ3) is 4.48. The van der Waals surface area contributed by atoms with E-state index in [-0.39, 0.29) is 8.77 Å². The van der Waals surface area contributed by atoms with Crippen molar-refractivity contribution in [2.75, 3.05) is 0 Å². The summed E-state index contributed by atoms with van der Waals surface area (Å²) in [5.41, 5.74) is 0.562. The molecule has 0 heterocycles. The minimum atomic E-state index is -3.23. The van der Waals surface area contributed by atoms with Gasteiger partial charge < -0.3 is 4.74 Å². The van der Waals surface area contributed by atoms with E-state index < -0.39 is 24.0 Å². The van der Waals surface area contributed by atoms with Crippen molar-refractivity contribution in [1.29, 1.82) is 0 Å². The van der Waals surface area contributed by atoms with Crippen LogP contribution in [0.25, 0.3) is 0 Å². The van der Waals surface area contributed by atoms with Crippen LogP contribution in [0, 0.1) is 29.4 Å². The summed E-state index contributed by atoms with van der Waals surface area (Å²) in [7, 11) is 0. The molecule has 3 rings (SSSR count). The Hall–Kier alpha value is -1.26. The smallest absolute Gasteiger partial charge is 0.387 e. The highest BCUT2D eigenvalue weighted by molar-refractivity contribution is 5.33. The zero-order valence-electron chi connectivity index (χ0n) is 14.6. The van der Waals surface area contributed by atoms with Crippen molar-refractivity contribution >= 4 is 0 Å². The molecule has 2 fully saturated rings. The molecule has 1 aromatic carbocycles. The summed E-state index contributed by atoms with van der Waals surface area (Å²) in [6.07, 6.45) is 9.22. The van der Waals surface area contributed by atoms with Gasteiger partial charge in [0.1, 0.15) is 0 Å². The van der Waals surface area contributed by atoms with Crippen molar-refractivity contribution in [2.45, 2.75) is 70.8 Å². The van der Waals surface area contributed by atoms with Crippen LogP contribution in [-0.4, -0.2) is 6.61 Å². The molecule has 1 aromatic rings. The van der Waals surface area contributed by atoms with Crippen molar-refractivity contribution in [1.82, 2.24) is 0 Å². The molecule has 0 aromatic heterocycles. The van der Waals surface area contributed by atoms with Crippen LogP contribution in [0.15, 0.2) is 12.1 Å². The molecule has 5 heteroatoms. The molecule has 0 bridgehead atoms. The predicted molar refractivity (Wildman–Crippen MR) is 93.0 cm³/mol. The van der Waals surface area contributed by atoms with Gasteiger partial charge in [-0.25, -0.2) is 8.78 Å². The van der Waals surface area contributed by atoms with Crippen LogP contribution in [0.4, 0.5) is 17.6 Å². The van der Waals surface area contributed by atoms with Gasteiger partial charge >= 0.3 is 6.61 Å². The van der Waals surface area contributed by atoms with E-state index >= 15 is 0 Å². The monoisotopic (exact) mass is 362 g/mol. The minimum Gasteiger partial charge on any atom is -0.429 e. The molecule has 2 aliphatic rings. The number of alkyl halides is 2. The normalized spacial score (nSPS) is 30.5. The Morgan fingerprint density at radius 3 is 1.84 bits per heavy atom. The van der Waals surface area contributed by atoms with Gasteiger partial charge in [-0.2, -0.15) is 8.78 Å². The van der Waals surface area contributed by atoms with E-state index in [0.717, 1.165) is 55.6 Å². The molecule has 0 aliphatic heterocycles. The molecular weight excluding hydrogens is 332 g/mol. The minimum absolute atomic E-state index is 0. The molecule has 0 spiro atoms. The van der Waals surface area contributed by atoms with Crippen LogP contribution in [-0.2, 0) is 0 Å². The first kappa shape index (κ1) is 18.5. The zero-order valence-corrected chi connectivity index (χ0v) is 14.6. The third-order valence-corrected chi connectivity index (χ3v) is 6.20. The van der Waals surface area contributed by atoms with Gasteiger partial charge in [0, 0.05) is 2.85 Å². The second-order valence-electron chi connectivity index (χ2n) is 7.82. The van der Waals surface area contributed by atoms with E-state index in [1.807, 2.05) is 0 Å². The third-order valence-electron chi connectivity index (χ3n) is 6.20. The predicted octanol–water partition coefficient (Wildman–Crippen LogP) is 7.16. The van der Waals surface area contributed by atoms with E-state index in [2.05, 4.69) is 11.7 Å². The van der Waals surface area contributed by atoms with Crippen molar-refractivity contribution < 1.29 is 25.2 Å². The summed E-state index contributed by atoms with van der Waals surface area (Å²) in [5, 5.41) is 0. The number of rotatable bonds is 4. The number of benzene rings is 1. The van der Waals surface area contributed by atoms with Crippen molar-refractivity contribution in [3.8, 4) is 5.75 Å². The lowest BCUT2D eigenvalue weighted by molar-refractivity contribution is -0.0546. The van der Waals surface area contributed by atoms with E-state index in [1.54, 1.807) is 0 Å². The van der Waals surface area contributed by atoms with Gasteiger partial charge in [0.25, 0.3) is 0 Å². The largest absolute Gasteiger partial charge is 0.429 e. The van der Waals surface area contributed by atoms with Crippen molar-refractivity contribution in [3.63, 3.8) is 0 Å². The van der Waals surface area contributed by atoms with Gasteiger partial charge in [-0.1, -0.05) is 19.8 Å². The summed E-state index contributed by atoms with van der Waals surface area (Å²) < 4.78 is 56.3. The fourth-order valence-electron chi connectivity index (χ4n) is 4.70. The maximum atomic E-state index is 13.9. The lowest BCUT2D eigenvalue weighted by Crippen LogP contribution is -2.24. The van der Waals surface area contributed by atoms with E-state index in [9.17, 15) is 17.6 Å². The van der Waals surface area contributed by atoms with Gasteiger partial charge in [0.05, 0.1) is 0 Å². The molecule has 0 saturated heterocycles. The molecule has 25 heavy (non-hydrogen) atoms. The van der Waals surface area contributed by atoms with E-state index in [1.165, 1.54) is 25.7 Å². The highest BCUT2D eigenvalue weighted by Gasteiger charge is 2.31. The number of ether oxygens (including phenoxy) is 1. The lowest BCUT2D eigenvalue weighted by Gasteiger charge is -2.37. The SMILES string of the molecule is CC1CCC(C2CCC(c3cc(F)c(OC(F)F)c(F)c3)CC2)CC1.[HH].[HH]. The average molecular weight is 362 g/mol. The quantitative estimate of drug-likeness (QED) is 0.516. The first-order valence-corrected chi connectivity index (χ1v) is 9.37. The summed E-state index contributed by atoms with van der Waals surface area (Å²) in [6.45, 7) is -0.916. The van der Waals surface area contributed by atoms with Gasteiger partial charge in [-0.15, -0.1) is 0 Å². The van der Waals surface area contributed by atoms with E-state index in [4.69, 9.17) is 0 Å². The topological polar surface area (TPSA) is 9.23 Å². The highest BCUT2D eigenvalue weighted by atomic mass is 19.3. The molecule has 0 N–H and O–H groups in total. The summed E-state index contributed by atoms with van der Waals surface area (Å²) in [6, 6.07) is 2.32. The molecule has 2 saturated carbocycles. The fraction of sp³-hybridized carbons (Fsp3) is 0.700. The maximum absolute atomic E-state index is 13.9. The zero-order chi connectivity index (χ0) is 18.0. The van der Waals surface area contributed by atoms with Crippen LogP contribution in [0.1, 0.15) is 72.6 Å². The number of hydrogen-bond donors (Lipinski definition) is 0. The second-order valence-corrected chi connectivity index (χ2v) is 7.82. The lowest BCUT2D eigenvalue weighted by atomic mass is 9.68. The summed E-state index contributed by atoms with van der Waals surface area (Å²) in [4.78, 5) is 0. The Balaban J connectivity index is 0.00000182. The summed E-state index contributed by atoms with van der Waals surface area (Å²) >= 11 is 0. The first-order valence-electron chi connectivity index (χ1n) is 9.37. The molecule has 0 amide bonds. The van der Waals surface area contributed by atoms with Crippen LogP contribution in [0.3, 0.4) is 0 Å². The Bertz CT molecular complexity index is 560. The van der Waals surface area contributed by atoms with Gasteiger partial charge in [-0.3, -0.25) is 0 Å². The van der Waals surface area contributed by atoms with Gasteiger partial charge in [-0.05, 0) is 79.9 Å². The van der Waals surface area contributed by atoms with Crippen LogP contribution in [0.5, 0.6) is 5.75 Å².